The third-order valence-corrected chi connectivity index (χ3v) is 3.15. The predicted molar refractivity (Wildman–Crippen MR) is 68.6 cm³/mol. The Morgan fingerprint density at radius 1 is 1.29 bits per heavy atom. The zero-order valence-electron chi connectivity index (χ0n) is 10.3. The standard InChI is InChI=1S/C13H18N2O2/c1-14-9-10-15(8-7-13(16)17-2)12-6-4-3-5-11(12)14/h3-6H,7-10H2,1-2H3. The van der Waals surface area contributed by atoms with E-state index in [0.29, 0.717) is 6.42 Å². The molecule has 0 radical (unpaired) electrons. The number of anilines is 2. The lowest BCUT2D eigenvalue weighted by molar-refractivity contribution is -0.140. The molecule has 0 amide bonds. The minimum Gasteiger partial charge on any atom is -0.469 e. The van der Waals surface area contributed by atoms with Crippen molar-refractivity contribution in [2.75, 3.05) is 43.6 Å². The van der Waals surface area contributed by atoms with Crippen LogP contribution in [0.25, 0.3) is 0 Å². The molecule has 1 heterocycles. The van der Waals surface area contributed by atoms with Crippen LogP contribution in [-0.4, -0.2) is 39.8 Å². The van der Waals surface area contributed by atoms with Gasteiger partial charge in [-0.15, -0.1) is 0 Å². The molecule has 0 spiro atoms. The number of esters is 1. The van der Waals surface area contributed by atoms with Crippen molar-refractivity contribution >= 4 is 17.3 Å². The van der Waals surface area contributed by atoms with E-state index in [-0.39, 0.29) is 5.97 Å². The smallest absolute Gasteiger partial charge is 0.307 e. The van der Waals surface area contributed by atoms with E-state index in [1.807, 2.05) is 12.1 Å². The van der Waals surface area contributed by atoms with Gasteiger partial charge in [0.05, 0.1) is 24.9 Å². The van der Waals surface area contributed by atoms with Crippen LogP contribution in [-0.2, 0) is 9.53 Å². The molecular formula is C13H18N2O2. The number of methoxy groups -OCH3 is 1. The Hall–Kier alpha value is -1.71. The molecule has 1 aliphatic rings. The molecule has 0 aliphatic carbocycles. The third kappa shape index (κ3) is 2.52. The van der Waals surface area contributed by atoms with Crippen molar-refractivity contribution in [2.45, 2.75) is 6.42 Å². The molecule has 0 aromatic heterocycles. The molecule has 0 atom stereocenters. The third-order valence-electron chi connectivity index (χ3n) is 3.15. The van der Waals surface area contributed by atoms with E-state index in [2.05, 4.69) is 33.7 Å². The zero-order valence-corrected chi connectivity index (χ0v) is 10.3. The maximum absolute atomic E-state index is 11.2. The van der Waals surface area contributed by atoms with Crippen LogP contribution in [0.2, 0.25) is 0 Å². The molecule has 4 heteroatoms. The highest BCUT2D eigenvalue weighted by molar-refractivity contribution is 5.74. The van der Waals surface area contributed by atoms with Crippen LogP contribution in [0.1, 0.15) is 6.42 Å². The van der Waals surface area contributed by atoms with Crippen LogP contribution in [0.3, 0.4) is 0 Å². The van der Waals surface area contributed by atoms with Crippen molar-refractivity contribution < 1.29 is 9.53 Å². The van der Waals surface area contributed by atoms with Gasteiger partial charge in [-0.05, 0) is 12.1 Å². The van der Waals surface area contributed by atoms with Gasteiger partial charge in [0.15, 0.2) is 0 Å². The Bertz CT molecular complexity index is 406. The van der Waals surface area contributed by atoms with Gasteiger partial charge in [0, 0.05) is 26.7 Å². The maximum Gasteiger partial charge on any atom is 0.307 e. The second-order valence-corrected chi connectivity index (χ2v) is 4.22. The van der Waals surface area contributed by atoms with Crippen LogP contribution < -0.4 is 9.80 Å². The molecule has 0 N–H and O–H groups in total. The Morgan fingerprint density at radius 2 is 2.00 bits per heavy atom. The number of carbonyl (C=O) groups excluding carboxylic acids is 1. The van der Waals surface area contributed by atoms with Gasteiger partial charge in [0.2, 0.25) is 0 Å². The first kappa shape index (κ1) is 11.8. The monoisotopic (exact) mass is 234 g/mol. The number of hydrogen-bond donors (Lipinski definition) is 0. The van der Waals surface area contributed by atoms with Gasteiger partial charge < -0.3 is 14.5 Å². The first-order chi connectivity index (χ1) is 8.22. The number of ether oxygens (including phenoxy) is 1. The van der Waals surface area contributed by atoms with Crippen LogP contribution in [0.4, 0.5) is 11.4 Å². The topological polar surface area (TPSA) is 32.8 Å². The van der Waals surface area contributed by atoms with Gasteiger partial charge in [0.25, 0.3) is 0 Å². The fourth-order valence-corrected chi connectivity index (χ4v) is 2.13. The quantitative estimate of drug-likeness (QED) is 0.742. The number of para-hydroxylation sites is 2. The van der Waals surface area contributed by atoms with Gasteiger partial charge in [-0.1, -0.05) is 12.1 Å². The molecule has 4 nitrogen and oxygen atoms in total. The predicted octanol–water partition coefficient (Wildman–Crippen LogP) is 1.51. The Labute approximate surface area is 102 Å². The second kappa shape index (κ2) is 5.08. The Kier molecular flexibility index (Phi) is 3.52. The normalized spacial score (nSPS) is 14.5. The van der Waals surface area contributed by atoms with Crippen LogP contribution in [0.15, 0.2) is 24.3 Å². The van der Waals surface area contributed by atoms with E-state index in [4.69, 9.17) is 0 Å². The van der Waals surface area contributed by atoms with Gasteiger partial charge in [-0.3, -0.25) is 4.79 Å². The highest BCUT2D eigenvalue weighted by Gasteiger charge is 2.19. The van der Waals surface area contributed by atoms with Crippen molar-refractivity contribution in [1.82, 2.24) is 0 Å². The summed E-state index contributed by atoms with van der Waals surface area (Å²) in [6.45, 7) is 2.65. The minimum atomic E-state index is -0.151. The Morgan fingerprint density at radius 3 is 2.71 bits per heavy atom. The van der Waals surface area contributed by atoms with Crippen molar-refractivity contribution in [2.24, 2.45) is 0 Å². The summed E-state index contributed by atoms with van der Waals surface area (Å²) < 4.78 is 4.67. The molecule has 0 saturated heterocycles. The summed E-state index contributed by atoms with van der Waals surface area (Å²) in [5, 5.41) is 0. The lowest BCUT2D eigenvalue weighted by atomic mass is 10.1. The number of rotatable bonds is 3. The summed E-state index contributed by atoms with van der Waals surface area (Å²) in [5.74, 6) is -0.151. The van der Waals surface area contributed by atoms with Crippen LogP contribution in [0, 0.1) is 0 Å². The molecular weight excluding hydrogens is 216 g/mol. The van der Waals surface area contributed by atoms with E-state index in [1.165, 1.54) is 18.5 Å². The lowest BCUT2D eigenvalue weighted by Gasteiger charge is -2.36. The molecule has 0 bridgehead atoms. The fourth-order valence-electron chi connectivity index (χ4n) is 2.13. The Balaban J connectivity index is 2.10. The molecule has 2 rings (SSSR count). The van der Waals surface area contributed by atoms with Crippen molar-refractivity contribution in [3.8, 4) is 0 Å². The summed E-state index contributed by atoms with van der Waals surface area (Å²) >= 11 is 0. The molecule has 0 unspecified atom stereocenters. The number of hydrogen-bond acceptors (Lipinski definition) is 4. The molecule has 92 valence electrons. The van der Waals surface area contributed by atoms with Crippen molar-refractivity contribution in [3.05, 3.63) is 24.3 Å². The minimum absolute atomic E-state index is 0.151. The van der Waals surface area contributed by atoms with Crippen molar-refractivity contribution in [1.29, 1.82) is 0 Å². The first-order valence-corrected chi connectivity index (χ1v) is 5.84. The number of benzene rings is 1. The molecule has 1 aliphatic heterocycles. The molecule has 1 aromatic rings. The number of fused-ring (bicyclic) bond motifs is 1. The average molecular weight is 234 g/mol. The van der Waals surface area contributed by atoms with E-state index in [1.54, 1.807) is 0 Å². The van der Waals surface area contributed by atoms with E-state index in [9.17, 15) is 4.79 Å². The summed E-state index contributed by atoms with van der Waals surface area (Å²) in [7, 11) is 3.52. The van der Waals surface area contributed by atoms with Crippen LogP contribution >= 0.6 is 0 Å². The number of nitrogens with zero attached hydrogens (tertiary/aromatic N) is 2. The molecule has 0 saturated carbocycles. The summed E-state index contributed by atoms with van der Waals surface area (Å²) in [4.78, 5) is 15.7. The molecule has 1 aromatic carbocycles. The van der Waals surface area contributed by atoms with Gasteiger partial charge >= 0.3 is 5.97 Å². The molecule has 17 heavy (non-hydrogen) atoms. The van der Waals surface area contributed by atoms with E-state index in [0.717, 1.165) is 19.6 Å². The van der Waals surface area contributed by atoms with Crippen LogP contribution in [0.5, 0.6) is 0 Å². The molecule has 0 fully saturated rings. The second-order valence-electron chi connectivity index (χ2n) is 4.22. The maximum atomic E-state index is 11.2. The summed E-state index contributed by atoms with van der Waals surface area (Å²) in [5.41, 5.74) is 2.42. The highest BCUT2D eigenvalue weighted by Crippen LogP contribution is 2.31. The first-order valence-electron chi connectivity index (χ1n) is 5.84. The lowest BCUT2D eigenvalue weighted by Crippen LogP contribution is -2.40. The zero-order chi connectivity index (χ0) is 12.3. The van der Waals surface area contributed by atoms with E-state index < -0.39 is 0 Å². The SMILES string of the molecule is COC(=O)CCN1CCN(C)c2ccccc21. The van der Waals surface area contributed by atoms with Crippen molar-refractivity contribution in [3.63, 3.8) is 0 Å². The summed E-state index contributed by atoms with van der Waals surface area (Å²) in [6, 6.07) is 8.28. The van der Waals surface area contributed by atoms with E-state index >= 15 is 0 Å². The number of likely N-dealkylation sites (N-methyl/N-ethyl adjacent to an activating group) is 1. The average Bonchev–Trinajstić information content (AvgIpc) is 2.38. The van der Waals surface area contributed by atoms with Gasteiger partial charge in [0.1, 0.15) is 0 Å². The highest BCUT2D eigenvalue weighted by atomic mass is 16.5. The number of carbonyl (C=O) groups is 1. The van der Waals surface area contributed by atoms with Gasteiger partial charge in [-0.25, -0.2) is 0 Å². The summed E-state index contributed by atoms with van der Waals surface area (Å²) in [6.07, 6.45) is 0.439. The largest absolute Gasteiger partial charge is 0.469 e. The fraction of sp³-hybridized carbons (Fsp3) is 0.462. The van der Waals surface area contributed by atoms with Gasteiger partial charge in [-0.2, -0.15) is 0 Å².